The lowest BCUT2D eigenvalue weighted by atomic mass is 10.2. The Balaban J connectivity index is 2.05. The van der Waals surface area contributed by atoms with Crippen molar-refractivity contribution in [3.05, 3.63) is 33.3 Å². The summed E-state index contributed by atoms with van der Waals surface area (Å²) in [5.41, 5.74) is 2.08. The minimum Gasteiger partial charge on any atom is -0.493 e. The molecule has 0 saturated heterocycles. The maximum Gasteiger partial charge on any atom is 0.203 e. The molecule has 0 spiro atoms. The van der Waals surface area contributed by atoms with Crippen LogP contribution in [-0.2, 0) is 13.0 Å². The quantitative estimate of drug-likeness (QED) is 0.492. The normalized spacial score (nSPS) is 11.3. The second-order valence-corrected chi connectivity index (χ2v) is 7.44. The van der Waals surface area contributed by atoms with E-state index >= 15 is 0 Å². The van der Waals surface area contributed by atoms with Gasteiger partial charge < -0.3 is 24.8 Å². The van der Waals surface area contributed by atoms with Gasteiger partial charge in [-0.2, -0.15) is 0 Å². The number of benzene rings is 1. The topological polar surface area (TPSA) is 77.0 Å². The first-order valence-electron chi connectivity index (χ1n) is 9.26. The number of rotatable bonds is 9. The van der Waals surface area contributed by atoms with E-state index in [1.54, 1.807) is 32.7 Å². The third kappa shape index (κ3) is 5.76. The molecule has 0 amide bonds. The summed E-state index contributed by atoms with van der Waals surface area (Å²) in [6, 6.07) is 3.82. The zero-order valence-corrected chi connectivity index (χ0v) is 18.3. The first kappa shape index (κ1) is 21.8. The van der Waals surface area contributed by atoms with Gasteiger partial charge in [0, 0.05) is 24.4 Å². The van der Waals surface area contributed by atoms with Gasteiger partial charge in [0.1, 0.15) is 0 Å². The third-order valence-corrected chi connectivity index (χ3v) is 5.33. The molecule has 0 fully saturated rings. The predicted molar refractivity (Wildman–Crippen MR) is 114 cm³/mol. The van der Waals surface area contributed by atoms with E-state index in [0.29, 0.717) is 23.8 Å². The van der Waals surface area contributed by atoms with Gasteiger partial charge in [-0.3, -0.25) is 0 Å². The fourth-order valence-corrected chi connectivity index (χ4v) is 3.61. The van der Waals surface area contributed by atoms with E-state index in [4.69, 9.17) is 14.2 Å². The van der Waals surface area contributed by atoms with Crippen molar-refractivity contribution in [1.29, 1.82) is 0 Å². The van der Waals surface area contributed by atoms with Crippen LogP contribution in [0.15, 0.2) is 17.1 Å². The third-order valence-electron chi connectivity index (χ3n) is 4.19. The van der Waals surface area contributed by atoms with E-state index in [-0.39, 0.29) is 0 Å². The number of ether oxygens (including phenoxy) is 3. The lowest BCUT2D eigenvalue weighted by molar-refractivity contribution is 0.324. The van der Waals surface area contributed by atoms with Gasteiger partial charge in [0.05, 0.1) is 38.6 Å². The zero-order chi connectivity index (χ0) is 20.5. The van der Waals surface area contributed by atoms with Crippen molar-refractivity contribution >= 4 is 17.3 Å². The van der Waals surface area contributed by atoms with Crippen molar-refractivity contribution in [2.45, 2.75) is 33.7 Å². The van der Waals surface area contributed by atoms with Gasteiger partial charge in [-0.1, -0.05) is 0 Å². The van der Waals surface area contributed by atoms with E-state index < -0.39 is 0 Å². The largest absolute Gasteiger partial charge is 0.493 e. The second kappa shape index (κ2) is 10.8. The zero-order valence-electron chi connectivity index (χ0n) is 17.5. The van der Waals surface area contributed by atoms with Crippen molar-refractivity contribution in [3.63, 3.8) is 0 Å². The van der Waals surface area contributed by atoms with Crippen LogP contribution in [-0.4, -0.2) is 45.4 Å². The summed E-state index contributed by atoms with van der Waals surface area (Å²) in [4.78, 5) is 10.5. The van der Waals surface area contributed by atoms with Crippen molar-refractivity contribution < 1.29 is 14.2 Å². The smallest absolute Gasteiger partial charge is 0.203 e. The van der Waals surface area contributed by atoms with Crippen LogP contribution in [0.3, 0.4) is 0 Å². The Morgan fingerprint density at radius 3 is 2.25 bits per heavy atom. The van der Waals surface area contributed by atoms with Crippen LogP contribution in [0.4, 0.5) is 0 Å². The van der Waals surface area contributed by atoms with Gasteiger partial charge in [-0.05, 0) is 38.5 Å². The molecule has 1 aromatic heterocycles. The first-order valence-corrected chi connectivity index (χ1v) is 10.1. The Morgan fingerprint density at radius 2 is 1.75 bits per heavy atom. The lowest BCUT2D eigenvalue weighted by Crippen LogP contribution is -2.38. The van der Waals surface area contributed by atoms with E-state index in [2.05, 4.69) is 27.5 Å². The van der Waals surface area contributed by atoms with Crippen LogP contribution >= 0.6 is 11.3 Å². The van der Waals surface area contributed by atoms with Crippen molar-refractivity contribution in [2.24, 2.45) is 4.99 Å². The number of aliphatic imine (C=N–C) groups is 1. The molecule has 7 nitrogen and oxygen atoms in total. The van der Waals surface area contributed by atoms with Gasteiger partial charge in [-0.25, -0.2) is 9.98 Å². The summed E-state index contributed by atoms with van der Waals surface area (Å²) in [7, 11) is 4.81. The summed E-state index contributed by atoms with van der Waals surface area (Å²) >= 11 is 1.75. The van der Waals surface area contributed by atoms with Gasteiger partial charge in [0.2, 0.25) is 5.75 Å². The number of aryl methyl sites for hydroxylation is 2. The molecule has 1 aromatic carbocycles. The number of thiazole rings is 1. The lowest BCUT2D eigenvalue weighted by Gasteiger charge is -2.14. The molecule has 0 aliphatic rings. The maximum absolute atomic E-state index is 5.41. The molecule has 8 heteroatoms. The van der Waals surface area contributed by atoms with Gasteiger partial charge in [-0.15, -0.1) is 11.3 Å². The summed E-state index contributed by atoms with van der Waals surface area (Å²) < 4.78 is 16.2. The highest BCUT2D eigenvalue weighted by Gasteiger charge is 2.13. The van der Waals surface area contributed by atoms with Gasteiger partial charge in [0.25, 0.3) is 0 Å². The summed E-state index contributed by atoms with van der Waals surface area (Å²) in [6.45, 7) is 8.24. The van der Waals surface area contributed by atoms with Crippen LogP contribution in [0.2, 0.25) is 0 Å². The molecule has 154 valence electrons. The van der Waals surface area contributed by atoms with Crippen LogP contribution in [0.1, 0.15) is 28.1 Å². The highest BCUT2D eigenvalue weighted by atomic mass is 32.1. The number of aromatic nitrogens is 1. The van der Waals surface area contributed by atoms with Crippen LogP contribution in [0.25, 0.3) is 0 Å². The monoisotopic (exact) mass is 406 g/mol. The summed E-state index contributed by atoms with van der Waals surface area (Å²) in [6.07, 6.45) is 0.869. The van der Waals surface area contributed by atoms with Gasteiger partial charge in [0.15, 0.2) is 17.5 Å². The van der Waals surface area contributed by atoms with E-state index in [1.165, 1.54) is 4.88 Å². The van der Waals surface area contributed by atoms with Crippen molar-refractivity contribution in [3.8, 4) is 17.2 Å². The molecule has 0 saturated carbocycles. The molecular formula is C20H30N4O3S. The Labute approximate surface area is 171 Å². The SMILES string of the molecule is CCNC(=NCc1cc(OC)c(OC)c(OC)c1)NCCc1nc(C)c(C)s1. The molecule has 0 aliphatic carbocycles. The molecule has 0 bridgehead atoms. The van der Waals surface area contributed by atoms with E-state index in [1.807, 2.05) is 26.0 Å². The number of nitrogens with zero attached hydrogens (tertiary/aromatic N) is 2. The molecule has 1 heterocycles. The molecule has 28 heavy (non-hydrogen) atoms. The Kier molecular flexibility index (Phi) is 8.38. The van der Waals surface area contributed by atoms with Crippen molar-refractivity contribution in [1.82, 2.24) is 15.6 Å². The summed E-state index contributed by atoms with van der Waals surface area (Å²) in [5.74, 6) is 2.59. The highest BCUT2D eigenvalue weighted by Crippen LogP contribution is 2.38. The number of nitrogens with one attached hydrogen (secondary N) is 2. The molecule has 2 rings (SSSR count). The Hall–Kier alpha value is -2.48. The number of guanidine groups is 1. The number of methoxy groups -OCH3 is 3. The first-order chi connectivity index (χ1) is 13.5. The molecular weight excluding hydrogens is 376 g/mol. The van der Waals surface area contributed by atoms with Crippen LogP contribution in [0.5, 0.6) is 17.2 Å². The van der Waals surface area contributed by atoms with Gasteiger partial charge >= 0.3 is 0 Å². The molecule has 0 radical (unpaired) electrons. The average molecular weight is 407 g/mol. The predicted octanol–water partition coefficient (Wildman–Crippen LogP) is 3.08. The van der Waals surface area contributed by atoms with E-state index in [0.717, 1.165) is 41.7 Å². The van der Waals surface area contributed by atoms with Crippen LogP contribution in [0, 0.1) is 13.8 Å². The Morgan fingerprint density at radius 1 is 1.07 bits per heavy atom. The van der Waals surface area contributed by atoms with Crippen LogP contribution < -0.4 is 24.8 Å². The minimum atomic E-state index is 0.488. The molecule has 0 aliphatic heterocycles. The minimum absolute atomic E-state index is 0.488. The standard InChI is InChI=1S/C20H30N4O3S/c1-7-21-20(22-9-8-18-24-13(2)14(3)28-18)23-12-15-10-16(25-4)19(27-6)17(11-15)26-5/h10-11H,7-9,12H2,1-6H3,(H2,21,22,23). The summed E-state index contributed by atoms with van der Waals surface area (Å²) in [5, 5.41) is 7.78. The fourth-order valence-electron chi connectivity index (χ4n) is 2.67. The van der Waals surface area contributed by atoms with E-state index in [9.17, 15) is 0 Å². The molecule has 2 N–H and O–H groups in total. The highest BCUT2D eigenvalue weighted by molar-refractivity contribution is 7.11. The Bertz CT molecular complexity index is 760. The fraction of sp³-hybridized carbons (Fsp3) is 0.500. The number of hydrogen-bond donors (Lipinski definition) is 2. The number of hydrogen-bond acceptors (Lipinski definition) is 6. The second-order valence-electron chi connectivity index (χ2n) is 6.15. The van der Waals surface area contributed by atoms with Crippen molar-refractivity contribution in [2.75, 3.05) is 34.4 Å². The molecule has 0 unspecified atom stereocenters. The average Bonchev–Trinajstić information content (AvgIpc) is 3.02. The molecule has 0 atom stereocenters. The maximum atomic E-state index is 5.41. The molecule has 2 aromatic rings.